The zero-order valence-corrected chi connectivity index (χ0v) is 13.6. The first-order valence-electron chi connectivity index (χ1n) is 7.48. The molecule has 0 fully saturated rings. The molecule has 2 heterocycles. The van der Waals surface area contributed by atoms with Crippen LogP contribution in [-0.2, 0) is 11.3 Å². The second-order valence-corrected chi connectivity index (χ2v) is 5.74. The van der Waals surface area contributed by atoms with Gasteiger partial charge in [0.05, 0.1) is 31.6 Å². The van der Waals surface area contributed by atoms with Crippen molar-refractivity contribution in [3.05, 3.63) is 42.1 Å². The van der Waals surface area contributed by atoms with Gasteiger partial charge in [0.25, 0.3) is 0 Å². The van der Waals surface area contributed by atoms with Gasteiger partial charge in [0, 0.05) is 19.3 Å². The maximum absolute atomic E-state index is 12.1. The van der Waals surface area contributed by atoms with Crippen LogP contribution in [0.5, 0.6) is 0 Å². The van der Waals surface area contributed by atoms with Crippen molar-refractivity contribution in [3.8, 4) is 0 Å². The Morgan fingerprint density at radius 3 is 2.86 bits per heavy atom. The first-order chi connectivity index (χ1) is 10.5. The summed E-state index contributed by atoms with van der Waals surface area (Å²) in [6.45, 7) is 6.93. The van der Waals surface area contributed by atoms with Crippen LogP contribution in [0.25, 0.3) is 0 Å². The number of amides is 1. The molecule has 0 aliphatic rings. The van der Waals surface area contributed by atoms with Crippen LogP contribution in [0.1, 0.15) is 31.2 Å². The number of rotatable bonds is 7. The molecule has 0 saturated carbocycles. The Bertz CT molecular complexity index is 591. The van der Waals surface area contributed by atoms with Gasteiger partial charge in [0.15, 0.2) is 0 Å². The van der Waals surface area contributed by atoms with Crippen LogP contribution < -0.4 is 5.32 Å². The standard InChI is InChI=1S/C16H24N4O2/c1-12-8-18-20(10-12)14(3)13(2)17-9-16(21)19(4)11-15-6-5-7-22-15/h5-8,10,13-14,17H,9,11H2,1-4H3. The third-order valence-electron chi connectivity index (χ3n) is 3.85. The number of aromatic nitrogens is 2. The third kappa shape index (κ3) is 4.21. The Balaban J connectivity index is 1.79. The van der Waals surface area contributed by atoms with E-state index in [1.54, 1.807) is 18.2 Å². The maximum Gasteiger partial charge on any atom is 0.236 e. The van der Waals surface area contributed by atoms with Gasteiger partial charge in [-0.25, -0.2) is 0 Å². The smallest absolute Gasteiger partial charge is 0.236 e. The first-order valence-corrected chi connectivity index (χ1v) is 7.48. The van der Waals surface area contributed by atoms with E-state index in [2.05, 4.69) is 24.3 Å². The molecule has 2 aromatic rings. The fourth-order valence-electron chi connectivity index (χ4n) is 2.16. The molecule has 1 N–H and O–H groups in total. The monoisotopic (exact) mass is 304 g/mol. The van der Waals surface area contributed by atoms with Crippen molar-refractivity contribution >= 4 is 5.91 Å². The molecule has 0 aliphatic heterocycles. The van der Waals surface area contributed by atoms with Crippen molar-refractivity contribution in [2.75, 3.05) is 13.6 Å². The summed E-state index contributed by atoms with van der Waals surface area (Å²) in [5.41, 5.74) is 1.13. The third-order valence-corrected chi connectivity index (χ3v) is 3.85. The minimum Gasteiger partial charge on any atom is -0.467 e. The van der Waals surface area contributed by atoms with Crippen LogP contribution in [0, 0.1) is 6.92 Å². The summed E-state index contributed by atoms with van der Waals surface area (Å²) in [5, 5.41) is 7.59. The van der Waals surface area contributed by atoms with Crippen LogP contribution in [0.15, 0.2) is 35.2 Å². The topological polar surface area (TPSA) is 63.3 Å². The summed E-state index contributed by atoms with van der Waals surface area (Å²) in [6.07, 6.45) is 5.46. The lowest BCUT2D eigenvalue weighted by Crippen LogP contribution is -2.41. The highest BCUT2D eigenvalue weighted by atomic mass is 16.3. The van der Waals surface area contributed by atoms with E-state index < -0.39 is 0 Å². The fourth-order valence-corrected chi connectivity index (χ4v) is 2.16. The fraction of sp³-hybridized carbons (Fsp3) is 0.500. The highest BCUT2D eigenvalue weighted by Crippen LogP contribution is 2.10. The van der Waals surface area contributed by atoms with Gasteiger partial charge in [-0.3, -0.25) is 9.48 Å². The average Bonchev–Trinajstić information content (AvgIpc) is 3.15. The van der Waals surface area contributed by atoms with Gasteiger partial charge in [-0.1, -0.05) is 0 Å². The van der Waals surface area contributed by atoms with Crippen LogP contribution in [-0.4, -0.2) is 40.2 Å². The van der Waals surface area contributed by atoms with E-state index in [9.17, 15) is 4.79 Å². The van der Waals surface area contributed by atoms with E-state index in [1.807, 2.05) is 36.1 Å². The molecule has 2 atom stereocenters. The second-order valence-electron chi connectivity index (χ2n) is 5.74. The van der Waals surface area contributed by atoms with Gasteiger partial charge in [0.1, 0.15) is 5.76 Å². The number of aryl methyl sites for hydroxylation is 1. The summed E-state index contributed by atoms with van der Waals surface area (Å²) < 4.78 is 7.17. The lowest BCUT2D eigenvalue weighted by atomic mass is 10.1. The maximum atomic E-state index is 12.1. The molecule has 0 radical (unpaired) electrons. The molecule has 1 amide bonds. The predicted octanol–water partition coefficient (Wildman–Crippen LogP) is 1.98. The number of nitrogens with zero attached hydrogens (tertiary/aromatic N) is 3. The van der Waals surface area contributed by atoms with Crippen molar-refractivity contribution in [2.24, 2.45) is 0 Å². The Hall–Kier alpha value is -2.08. The normalized spacial score (nSPS) is 13.8. The molecule has 6 heteroatoms. The largest absolute Gasteiger partial charge is 0.467 e. The number of hydrogen-bond acceptors (Lipinski definition) is 4. The van der Waals surface area contributed by atoms with E-state index >= 15 is 0 Å². The SMILES string of the molecule is Cc1cnn(C(C)C(C)NCC(=O)N(C)Cc2ccco2)c1. The highest BCUT2D eigenvalue weighted by Gasteiger charge is 2.17. The number of furan rings is 1. The summed E-state index contributed by atoms with van der Waals surface area (Å²) >= 11 is 0. The van der Waals surface area contributed by atoms with Gasteiger partial charge in [0.2, 0.25) is 5.91 Å². The second kappa shape index (κ2) is 7.26. The minimum atomic E-state index is 0.0343. The predicted molar refractivity (Wildman–Crippen MR) is 84.3 cm³/mol. The molecule has 0 spiro atoms. The van der Waals surface area contributed by atoms with Crippen LogP contribution in [0.4, 0.5) is 0 Å². The average molecular weight is 304 g/mol. The van der Waals surface area contributed by atoms with E-state index in [4.69, 9.17) is 4.42 Å². The number of carbonyl (C=O) groups is 1. The Morgan fingerprint density at radius 1 is 1.50 bits per heavy atom. The molecule has 120 valence electrons. The molecule has 0 aromatic carbocycles. The van der Waals surface area contributed by atoms with Crippen molar-refractivity contribution < 1.29 is 9.21 Å². The molecule has 2 aromatic heterocycles. The molecular formula is C16H24N4O2. The Morgan fingerprint density at radius 2 is 2.27 bits per heavy atom. The van der Waals surface area contributed by atoms with Gasteiger partial charge in [-0.05, 0) is 38.5 Å². The summed E-state index contributed by atoms with van der Waals surface area (Å²) in [6, 6.07) is 4.00. The van der Waals surface area contributed by atoms with Crippen molar-refractivity contribution in [1.82, 2.24) is 20.0 Å². The number of nitrogens with one attached hydrogen (secondary N) is 1. The van der Waals surface area contributed by atoms with E-state index in [0.717, 1.165) is 11.3 Å². The minimum absolute atomic E-state index is 0.0343. The van der Waals surface area contributed by atoms with Gasteiger partial charge >= 0.3 is 0 Å². The Labute approximate surface area is 131 Å². The van der Waals surface area contributed by atoms with E-state index in [1.165, 1.54) is 0 Å². The van der Waals surface area contributed by atoms with Crippen LogP contribution >= 0.6 is 0 Å². The van der Waals surface area contributed by atoms with Gasteiger partial charge in [-0.15, -0.1) is 0 Å². The molecule has 0 saturated heterocycles. The number of likely N-dealkylation sites (N-methyl/N-ethyl adjacent to an activating group) is 1. The lowest BCUT2D eigenvalue weighted by Gasteiger charge is -2.23. The summed E-state index contributed by atoms with van der Waals surface area (Å²) in [5.74, 6) is 0.816. The molecule has 6 nitrogen and oxygen atoms in total. The zero-order valence-electron chi connectivity index (χ0n) is 13.6. The molecular weight excluding hydrogens is 280 g/mol. The lowest BCUT2D eigenvalue weighted by molar-refractivity contribution is -0.129. The molecule has 22 heavy (non-hydrogen) atoms. The Kier molecular flexibility index (Phi) is 5.38. The van der Waals surface area contributed by atoms with Crippen molar-refractivity contribution in [2.45, 2.75) is 39.4 Å². The highest BCUT2D eigenvalue weighted by molar-refractivity contribution is 5.77. The summed E-state index contributed by atoms with van der Waals surface area (Å²) in [4.78, 5) is 13.8. The molecule has 0 bridgehead atoms. The van der Waals surface area contributed by atoms with E-state index in [0.29, 0.717) is 13.1 Å². The van der Waals surface area contributed by atoms with Gasteiger partial charge < -0.3 is 14.6 Å². The quantitative estimate of drug-likeness (QED) is 0.849. The van der Waals surface area contributed by atoms with E-state index in [-0.39, 0.29) is 18.0 Å². The molecule has 0 aliphatic carbocycles. The first kappa shape index (κ1) is 16.3. The molecule has 2 unspecified atom stereocenters. The number of carbonyl (C=O) groups excluding carboxylic acids is 1. The van der Waals surface area contributed by atoms with Crippen LogP contribution in [0.3, 0.4) is 0 Å². The molecule has 2 rings (SSSR count). The zero-order chi connectivity index (χ0) is 16.1. The van der Waals surface area contributed by atoms with Crippen LogP contribution in [0.2, 0.25) is 0 Å². The number of hydrogen-bond donors (Lipinski definition) is 1. The van der Waals surface area contributed by atoms with Gasteiger partial charge in [-0.2, -0.15) is 5.10 Å². The van der Waals surface area contributed by atoms with Crippen molar-refractivity contribution in [3.63, 3.8) is 0 Å². The summed E-state index contributed by atoms with van der Waals surface area (Å²) in [7, 11) is 1.78. The van der Waals surface area contributed by atoms with Crippen molar-refractivity contribution in [1.29, 1.82) is 0 Å².